The van der Waals surface area contributed by atoms with Crippen LogP contribution in [0, 0.1) is 0 Å². The zero-order chi connectivity index (χ0) is 18.9. The predicted octanol–water partition coefficient (Wildman–Crippen LogP) is 2.93. The van der Waals surface area contributed by atoms with Gasteiger partial charge in [-0.3, -0.25) is 0 Å². The van der Waals surface area contributed by atoms with Gasteiger partial charge in [-0.1, -0.05) is 12.1 Å². The second-order valence-electron chi connectivity index (χ2n) is 5.83. The number of guanidine groups is 1. The Bertz CT molecular complexity index is 626. The number of carbonyl (C=O) groups is 1. The number of benzene rings is 1. The Balaban J connectivity index is 0.00000364. The first-order valence-electron chi connectivity index (χ1n) is 8.49. The summed E-state index contributed by atoms with van der Waals surface area (Å²) in [4.78, 5) is 17.6. The summed E-state index contributed by atoms with van der Waals surface area (Å²) in [6.07, 6.45) is 1.19. The molecule has 0 aromatic heterocycles. The van der Waals surface area contributed by atoms with Crippen molar-refractivity contribution in [1.82, 2.24) is 10.2 Å². The maximum absolute atomic E-state index is 12.2. The first-order valence-corrected chi connectivity index (χ1v) is 8.49. The van der Waals surface area contributed by atoms with Crippen molar-refractivity contribution < 1.29 is 23.0 Å². The molecular weight excluding hydrogens is 473 g/mol. The third kappa shape index (κ3) is 8.14. The van der Waals surface area contributed by atoms with Crippen LogP contribution in [0.1, 0.15) is 25.3 Å². The van der Waals surface area contributed by atoms with Crippen LogP contribution in [0.4, 0.5) is 13.6 Å². The number of halogens is 3. The van der Waals surface area contributed by atoms with Crippen molar-refractivity contribution in [3.63, 3.8) is 0 Å². The molecule has 1 heterocycles. The van der Waals surface area contributed by atoms with Gasteiger partial charge in [0.1, 0.15) is 5.75 Å². The zero-order valence-corrected chi connectivity index (χ0v) is 17.4. The fourth-order valence-corrected chi connectivity index (χ4v) is 2.67. The lowest BCUT2D eigenvalue weighted by Gasteiger charge is -2.31. The average molecular weight is 498 g/mol. The van der Waals surface area contributed by atoms with Crippen LogP contribution in [0.25, 0.3) is 0 Å². The number of alkyl halides is 2. The van der Waals surface area contributed by atoms with E-state index in [0.717, 1.165) is 12.8 Å². The van der Waals surface area contributed by atoms with Gasteiger partial charge in [-0.15, -0.1) is 24.0 Å². The van der Waals surface area contributed by atoms with Gasteiger partial charge in [0.15, 0.2) is 5.96 Å². The molecule has 0 unspecified atom stereocenters. The van der Waals surface area contributed by atoms with Gasteiger partial charge in [0.05, 0.1) is 13.2 Å². The SMILES string of the molecule is CCOC(=O)N1CCC(NC(N)=NCc2cccc(OC(F)F)c2)CC1.I. The summed E-state index contributed by atoms with van der Waals surface area (Å²) in [6.45, 7) is 0.717. The van der Waals surface area contributed by atoms with Gasteiger partial charge in [0, 0.05) is 19.1 Å². The van der Waals surface area contributed by atoms with Crippen molar-refractivity contribution >= 4 is 36.0 Å². The Morgan fingerprint density at radius 3 is 2.74 bits per heavy atom. The van der Waals surface area contributed by atoms with E-state index < -0.39 is 6.61 Å². The Labute approximate surface area is 174 Å². The summed E-state index contributed by atoms with van der Waals surface area (Å²) >= 11 is 0. The Kier molecular flexibility index (Phi) is 10.1. The molecule has 1 fully saturated rings. The van der Waals surface area contributed by atoms with E-state index in [0.29, 0.717) is 25.3 Å². The van der Waals surface area contributed by atoms with Crippen molar-refractivity contribution in [2.45, 2.75) is 39.0 Å². The van der Waals surface area contributed by atoms with Crippen LogP contribution in [0.15, 0.2) is 29.3 Å². The number of rotatable bonds is 6. The molecule has 1 amide bonds. The standard InChI is InChI=1S/C17H24F2N4O3.HI/c1-2-25-17(24)23-8-6-13(7-9-23)22-16(20)21-11-12-4-3-5-14(10-12)26-15(18)19;/h3-5,10,13,15H,2,6-9,11H2,1H3,(H3,20,21,22);1H. The predicted molar refractivity (Wildman–Crippen MR) is 109 cm³/mol. The fraction of sp³-hybridized carbons (Fsp3) is 0.529. The lowest BCUT2D eigenvalue weighted by Crippen LogP contribution is -2.48. The molecule has 0 bridgehead atoms. The van der Waals surface area contributed by atoms with Crippen molar-refractivity contribution in [2.75, 3.05) is 19.7 Å². The number of carbonyl (C=O) groups excluding carboxylic acids is 1. The minimum Gasteiger partial charge on any atom is -0.450 e. The summed E-state index contributed by atoms with van der Waals surface area (Å²) in [5, 5.41) is 3.13. The molecule has 0 aliphatic carbocycles. The van der Waals surface area contributed by atoms with Crippen LogP contribution < -0.4 is 15.8 Å². The number of likely N-dealkylation sites (tertiary alicyclic amines) is 1. The van der Waals surface area contributed by atoms with Crippen molar-refractivity contribution in [1.29, 1.82) is 0 Å². The molecule has 1 aromatic rings. The number of nitrogens with one attached hydrogen (secondary N) is 1. The number of piperidine rings is 1. The highest BCUT2D eigenvalue weighted by molar-refractivity contribution is 14.0. The smallest absolute Gasteiger partial charge is 0.409 e. The molecule has 0 radical (unpaired) electrons. The van der Waals surface area contributed by atoms with E-state index in [4.69, 9.17) is 10.5 Å². The Morgan fingerprint density at radius 2 is 2.11 bits per heavy atom. The van der Waals surface area contributed by atoms with Gasteiger partial charge in [0.2, 0.25) is 0 Å². The van der Waals surface area contributed by atoms with Crippen molar-refractivity contribution in [2.24, 2.45) is 10.7 Å². The number of nitrogens with two attached hydrogens (primary N) is 1. The molecule has 3 N–H and O–H groups in total. The summed E-state index contributed by atoms with van der Waals surface area (Å²) < 4.78 is 33.8. The van der Waals surface area contributed by atoms with E-state index in [1.807, 2.05) is 0 Å². The molecule has 1 aliphatic rings. The van der Waals surface area contributed by atoms with Gasteiger partial charge in [-0.25, -0.2) is 9.79 Å². The topological polar surface area (TPSA) is 89.2 Å². The Morgan fingerprint density at radius 1 is 1.41 bits per heavy atom. The van der Waals surface area contributed by atoms with E-state index in [1.54, 1.807) is 24.0 Å². The van der Waals surface area contributed by atoms with Crippen molar-refractivity contribution in [3.05, 3.63) is 29.8 Å². The highest BCUT2D eigenvalue weighted by Gasteiger charge is 2.23. The number of hydrogen-bond acceptors (Lipinski definition) is 4. The van der Waals surface area contributed by atoms with E-state index in [9.17, 15) is 13.6 Å². The molecule has 0 spiro atoms. The molecule has 2 rings (SSSR count). The number of hydrogen-bond donors (Lipinski definition) is 2. The molecule has 27 heavy (non-hydrogen) atoms. The second kappa shape index (κ2) is 11.8. The molecular formula is C17H25F2IN4O3. The zero-order valence-electron chi connectivity index (χ0n) is 15.1. The summed E-state index contributed by atoms with van der Waals surface area (Å²) in [7, 11) is 0. The maximum Gasteiger partial charge on any atom is 0.409 e. The molecule has 0 atom stereocenters. The van der Waals surface area contributed by atoms with Gasteiger partial charge in [-0.05, 0) is 37.5 Å². The molecule has 10 heteroatoms. The van der Waals surface area contributed by atoms with Crippen LogP contribution in [-0.4, -0.2) is 49.3 Å². The van der Waals surface area contributed by atoms with Crippen LogP contribution in [0.2, 0.25) is 0 Å². The van der Waals surface area contributed by atoms with Gasteiger partial charge < -0.3 is 25.4 Å². The third-order valence-electron chi connectivity index (χ3n) is 3.93. The highest BCUT2D eigenvalue weighted by atomic mass is 127. The molecule has 152 valence electrons. The molecule has 0 saturated carbocycles. The van der Waals surface area contributed by atoms with Crippen LogP contribution in [0.3, 0.4) is 0 Å². The number of amides is 1. The highest BCUT2D eigenvalue weighted by Crippen LogP contribution is 2.16. The first-order chi connectivity index (χ1) is 12.5. The van der Waals surface area contributed by atoms with Gasteiger partial charge >= 0.3 is 12.7 Å². The van der Waals surface area contributed by atoms with E-state index in [-0.39, 0.29) is 54.4 Å². The molecule has 7 nitrogen and oxygen atoms in total. The molecule has 1 aromatic carbocycles. The summed E-state index contributed by atoms with van der Waals surface area (Å²) in [6, 6.07) is 6.46. The second-order valence-corrected chi connectivity index (χ2v) is 5.83. The summed E-state index contributed by atoms with van der Waals surface area (Å²) in [5.74, 6) is 0.366. The maximum atomic E-state index is 12.2. The fourth-order valence-electron chi connectivity index (χ4n) is 2.67. The van der Waals surface area contributed by atoms with Crippen LogP contribution in [-0.2, 0) is 11.3 Å². The number of aliphatic imine (C=N–C) groups is 1. The normalized spacial score (nSPS) is 15.3. The number of ether oxygens (including phenoxy) is 2. The lowest BCUT2D eigenvalue weighted by atomic mass is 10.1. The van der Waals surface area contributed by atoms with Gasteiger partial charge in [0.25, 0.3) is 0 Å². The van der Waals surface area contributed by atoms with Crippen molar-refractivity contribution in [3.8, 4) is 5.75 Å². The summed E-state index contributed by atoms with van der Waals surface area (Å²) in [5.41, 5.74) is 6.61. The molecule has 1 saturated heterocycles. The van der Waals surface area contributed by atoms with Gasteiger partial charge in [-0.2, -0.15) is 8.78 Å². The van der Waals surface area contributed by atoms with Crippen LogP contribution in [0.5, 0.6) is 5.75 Å². The largest absolute Gasteiger partial charge is 0.450 e. The van der Waals surface area contributed by atoms with E-state index in [1.165, 1.54) is 12.1 Å². The molecule has 1 aliphatic heterocycles. The minimum atomic E-state index is -2.86. The lowest BCUT2D eigenvalue weighted by molar-refractivity contribution is -0.0498. The monoisotopic (exact) mass is 498 g/mol. The quantitative estimate of drug-likeness (QED) is 0.358. The van der Waals surface area contributed by atoms with Crippen LogP contribution >= 0.6 is 24.0 Å². The number of nitrogens with zero attached hydrogens (tertiary/aromatic N) is 2. The minimum absolute atomic E-state index is 0. The first kappa shape index (κ1) is 23.2. The van der Waals surface area contributed by atoms with E-state index >= 15 is 0 Å². The Hall–Kier alpha value is -1.85. The average Bonchev–Trinajstić information content (AvgIpc) is 2.60. The third-order valence-corrected chi connectivity index (χ3v) is 3.93. The van der Waals surface area contributed by atoms with E-state index in [2.05, 4.69) is 15.0 Å².